The van der Waals surface area contributed by atoms with Gasteiger partial charge >= 0.3 is 0 Å². The maximum Gasteiger partial charge on any atom is 0.232 e. The van der Waals surface area contributed by atoms with E-state index in [1.807, 2.05) is 19.0 Å². The number of nitrogens with zero attached hydrogens (tertiary/aromatic N) is 2. The number of carbonyl (C=O) groups excluding carboxylic acids is 1. The molecule has 23 heavy (non-hydrogen) atoms. The summed E-state index contributed by atoms with van der Waals surface area (Å²) in [5.74, 6) is -0.208. The standard InChI is InChI=1S/C14H21Cl2N3O3S/c1-18(2)9-7-17-14(20)6-8-19(23(3,21)22)11-4-5-12(15)13(16)10-11/h4-5,10H,6-9H2,1-3H3,(H,17,20). The highest BCUT2D eigenvalue weighted by molar-refractivity contribution is 7.92. The van der Waals surface area contributed by atoms with E-state index in [-0.39, 0.29) is 23.9 Å². The smallest absolute Gasteiger partial charge is 0.232 e. The molecule has 9 heteroatoms. The van der Waals surface area contributed by atoms with Crippen LogP contribution in [0, 0.1) is 0 Å². The Balaban J connectivity index is 2.73. The molecule has 0 atom stereocenters. The minimum atomic E-state index is -3.53. The summed E-state index contributed by atoms with van der Waals surface area (Å²) in [4.78, 5) is 13.8. The van der Waals surface area contributed by atoms with E-state index in [4.69, 9.17) is 23.2 Å². The fourth-order valence-electron chi connectivity index (χ4n) is 1.84. The van der Waals surface area contributed by atoms with Gasteiger partial charge in [-0.15, -0.1) is 0 Å². The molecule has 1 aromatic rings. The van der Waals surface area contributed by atoms with Gasteiger partial charge in [-0.3, -0.25) is 9.10 Å². The minimum Gasteiger partial charge on any atom is -0.355 e. The molecular formula is C14H21Cl2N3O3S. The second-order valence-corrected chi connectivity index (χ2v) is 8.06. The zero-order chi connectivity index (χ0) is 17.6. The highest BCUT2D eigenvalue weighted by Gasteiger charge is 2.19. The lowest BCUT2D eigenvalue weighted by atomic mass is 10.3. The number of carbonyl (C=O) groups is 1. The van der Waals surface area contributed by atoms with Gasteiger partial charge in [-0.2, -0.15) is 0 Å². The maximum atomic E-state index is 12.0. The Hall–Kier alpha value is -1.02. The molecule has 0 bridgehead atoms. The SMILES string of the molecule is CN(C)CCNC(=O)CCN(c1ccc(Cl)c(Cl)c1)S(C)(=O)=O. The number of halogens is 2. The van der Waals surface area contributed by atoms with Gasteiger partial charge in [-0.25, -0.2) is 8.42 Å². The van der Waals surface area contributed by atoms with Crippen molar-refractivity contribution in [3.05, 3.63) is 28.2 Å². The molecule has 1 amide bonds. The van der Waals surface area contributed by atoms with E-state index in [0.717, 1.165) is 10.6 Å². The number of amides is 1. The summed E-state index contributed by atoms with van der Waals surface area (Å²) in [5.41, 5.74) is 0.378. The van der Waals surface area contributed by atoms with Gasteiger partial charge in [0, 0.05) is 26.1 Å². The van der Waals surface area contributed by atoms with Gasteiger partial charge in [0.1, 0.15) is 0 Å². The first kappa shape index (κ1) is 20.0. The molecule has 6 nitrogen and oxygen atoms in total. The number of likely N-dealkylation sites (N-methyl/N-ethyl adjacent to an activating group) is 1. The van der Waals surface area contributed by atoms with Crippen LogP contribution in [0.2, 0.25) is 10.0 Å². The average molecular weight is 382 g/mol. The molecule has 0 aromatic heterocycles. The molecular weight excluding hydrogens is 361 g/mol. The summed E-state index contributed by atoms with van der Waals surface area (Å²) >= 11 is 11.8. The van der Waals surface area contributed by atoms with E-state index in [9.17, 15) is 13.2 Å². The molecule has 1 aromatic carbocycles. The van der Waals surface area contributed by atoms with Crippen LogP contribution < -0.4 is 9.62 Å². The maximum absolute atomic E-state index is 12.0. The van der Waals surface area contributed by atoms with E-state index < -0.39 is 10.0 Å². The zero-order valence-corrected chi connectivity index (χ0v) is 15.7. The Morgan fingerprint density at radius 1 is 1.17 bits per heavy atom. The highest BCUT2D eigenvalue weighted by atomic mass is 35.5. The molecule has 130 valence electrons. The molecule has 0 radical (unpaired) electrons. The van der Waals surface area contributed by atoms with Crippen molar-refractivity contribution in [3.8, 4) is 0 Å². The van der Waals surface area contributed by atoms with Gasteiger partial charge in [-0.05, 0) is 32.3 Å². The predicted molar refractivity (Wildman–Crippen MR) is 94.8 cm³/mol. The molecule has 0 saturated carbocycles. The van der Waals surface area contributed by atoms with Crippen LogP contribution in [0.4, 0.5) is 5.69 Å². The Labute approximate surface area is 147 Å². The van der Waals surface area contributed by atoms with Crippen LogP contribution in [-0.2, 0) is 14.8 Å². The molecule has 0 aliphatic rings. The first-order valence-corrected chi connectivity index (χ1v) is 9.56. The van der Waals surface area contributed by atoms with E-state index >= 15 is 0 Å². The molecule has 0 aliphatic carbocycles. The van der Waals surface area contributed by atoms with Crippen molar-refractivity contribution >= 4 is 44.8 Å². The highest BCUT2D eigenvalue weighted by Crippen LogP contribution is 2.28. The summed E-state index contributed by atoms with van der Waals surface area (Å²) in [6.07, 6.45) is 1.14. The van der Waals surface area contributed by atoms with E-state index in [0.29, 0.717) is 23.8 Å². The predicted octanol–water partition coefficient (Wildman–Crippen LogP) is 1.83. The first-order chi connectivity index (χ1) is 10.6. The molecule has 0 aliphatic heterocycles. The Bertz CT molecular complexity index is 651. The number of hydrogen-bond donors (Lipinski definition) is 1. The van der Waals surface area contributed by atoms with Gasteiger partial charge in [-0.1, -0.05) is 23.2 Å². The van der Waals surface area contributed by atoms with Crippen LogP contribution in [0.15, 0.2) is 18.2 Å². The third-order valence-electron chi connectivity index (χ3n) is 3.01. The number of nitrogens with one attached hydrogen (secondary N) is 1. The molecule has 0 spiro atoms. The first-order valence-electron chi connectivity index (χ1n) is 6.95. The summed E-state index contributed by atoms with van der Waals surface area (Å²) in [5, 5.41) is 3.34. The van der Waals surface area contributed by atoms with Crippen molar-refractivity contribution in [2.24, 2.45) is 0 Å². The van der Waals surface area contributed by atoms with Crippen molar-refractivity contribution in [1.29, 1.82) is 0 Å². The summed E-state index contributed by atoms with van der Waals surface area (Å²) in [6.45, 7) is 1.26. The number of rotatable bonds is 8. The quantitative estimate of drug-likeness (QED) is 0.745. The van der Waals surface area contributed by atoms with Gasteiger partial charge in [0.15, 0.2) is 0 Å². The fraction of sp³-hybridized carbons (Fsp3) is 0.500. The van der Waals surface area contributed by atoms with Crippen molar-refractivity contribution in [2.45, 2.75) is 6.42 Å². The second kappa shape index (κ2) is 8.73. The van der Waals surface area contributed by atoms with Crippen molar-refractivity contribution in [3.63, 3.8) is 0 Å². The molecule has 0 unspecified atom stereocenters. The van der Waals surface area contributed by atoms with E-state index in [2.05, 4.69) is 5.32 Å². The Kier molecular flexibility index (Phi) is 7.60. The zero-order valence-electron chi connectivity index (χ0n) is 13.3. The molecule has 0 fully saturated rings. The third-order valence-corrected chi connectivity index (χ3v) is 4.95. The largest absolute Gasteiger partial charge is 0.355 e. The van der Waals surface area contributed by atoms with Crippen LogP contribution >= 0.6 is 23.2 Å². The van der Waals surface area contributed by atoms with Crippen LogP contribution in [0.25, 0.3) is 0 Å². The molecule has 0 saturated heterocycles. The van der Waals surface area contributed by atoms with Crippen molar-refractivity contribution in [2.75, 3.05) is 44.3 Å². The minimum absolute atomic E-state index is 0.0323. The molecule has 1 N–H and O–H groups in total. The van der Waals surface area contributed by atoms with Gasteiger partial charge < -0.3 is 10.2 Å². The Morgan fingerprint density at radius 3 is 2.35 bits per heavy atom. The van der Waals surface area contributed by atoms with Crippen LogP contribution in [0.5, 0.6) is 0 Å². The summed E-state index contributed by atoms with van der Waals surface area (Å²) in [6, 6.07) is 4.54. The lowest BCUT2D eigenvalue weighted by Crippen LogP contribution is -2.36. The van der Waals surface area contributed by atoms with E-state index in [1.165, 1.54) is 12.1 Å². The number of anilines is 1. The van der Waals surface area contributed by atoms with Crippen LogP contribution in [-0.4, -0.2) is 59.2 Å². The van der Waals surface area contributed by atoms with Gasteiger partial charge in [0.05, 0.1) is 22.0 Å². The lowest BCUT2D eigenvalue weighted by molar-refractivity contribution is -0.120. The third kappa shape index (κ3) is 6.95. The van der Waals surface area contributed by atoms with Crippen molar-refractivity contribution < 1.29 is 13.2 Å². The van der Waals surface area contributed by atoms with E-state index in [1.54, 1.807) is 6.07 Å². The lowest BCUT2D eigenvalue weighted by Gasteiger charge is -2.22. The molecule has 0 heterocycles. The fourth-order valence-corrected chi connectivity index (χ4v) is 3.05. The number of benzene rings is 1. The molecule has 1 rings (SSSR count). The van der Waals surface area contributed by atoms with Crippen LogP contribution in [0.1, 0.15) is 6.42 Å². The monoisotopic (exact) mass is 381 g/mol. The number of sulfonamides is 1. The van der Waals surface area contributed by atoms with Crippen LogP contribution in [0.3, 0.4) is 0 Å². The second-order valence-electron chi connectivity index (χ2n) is 5.34. The summed E-state index contributed by atoms with van der Waals surface area (Å²) < 4.78 is 25.1. The average Bonchev–Trinajstić information content (AvgIpc) is 2.41. The topological polar surface area (TPSA) is 69.7 Å². The Morgan fingerprint density at radius 2 is 1.83 bits per heavy atom. The number of hydrogen-bond acceptors (Lipinski definition) is 4. The van der Waals surface area contributed by atoms with Gasteiger partial charge in [0.2, 0.25) is 15.9 Å². The van der Waals surface area contributed by atoms with Gasteiger partial charge in [0.25, 0.3) is 0 Å². The normalized spacial score (nSPS) is 11.6. The summed E-state index contributed by atoms with van der Waals surface area (Å²) in [7, 11) is 0.275. The van der Waals surface area contributed by atoms with Crippen molar-refractivity contribution in [1.82, 2.24) is 10.2 Å².